The summed E-state index contributed by atoms with van der Waals surface area (Å²) in [5, 5.41) is 5.95. The van der Waals surface area contributed by atoms with Crippen LogP contribution in [0.5, 0.6) is 0 Å². The fourth-order valence-corrected chi connectivity index (χ4v) is 2.10. The number of likely N-dealkylation sites (N-methyl/N-ethyl adjacent to an activating group) is 1. The molecule has 0 aromatic carbocycles. The molecule has 0 spiro atoms. The number of hydrogen-bond donors (Lipinski definition) is 3. The molecule has 0 aliphatic rings. The summed E-state index contributed by atoms with van der Waals surface area (Å²) in [7, 11) is 1.53. The van der Waals surface area contributed by atoms with Crippen LogP contribution >= 0.6 is 0 Å². The van der Waals surface area contributed by atoms with Gasteiger partial charge in [-0.05, 0) is 33.6 Å². The summed E-state index contributed by atoms with van der Waals surface area (Å²) in [6.45, 7) is 8.57. The first-order valence-corrected chi connectivity index (χ1v) is 9.68. The normalized spacial score (nSPS) is 10.5. The number of nitrogens with zero attached hydrogens (tertiary/aromatic N) is 3. The van der Waals surface area contributed by atoms with Gasteiger partial charge in [-0.2, -0.15) is 4.98 Å². The maximum Gasteiger partial charge on any atom is 0.410 e. The van der Waals surface area contributed by atoms with E-state index in [1.807, 2.05) is 0 Å². The topological polar surface area (TPSA) is 122 Å². The smallest absolute Gasteiger partial charge is 0.410 e. The van der Waals surface area contributed by atoms with Crippen LogP contribution in [-0.4, -0.2) is 59.2 Å². The molecule has 0 aliphatic heterocycles. The fourth-order valence-electron chi connectivity index (χ4n) is 2.10. The van der Waals surface area contributed by atoms with Gasteiger partial charge in [0.05, 0.1) is 11.8 Å². The standard InChI is InChI=1S/C20H32N6O3/c1-6-11-23-17-15(13-24-18(21)25-17)10-8-7-9-12-22-16(27)14-26(5)19(28)29-20(2,3)4/h13H,6-7,9,11-12,14H2,1-5H3,(H,22,27)(H3,21,23,24,25). The SMILES string of the molecule is CCCNc1nc(N)ncc1C#CCCCNC(=O)CN(C)C(=O)OC(C)(C)C. The second kappa shape index (κ2) is 11.7. The third-order valence-electron chi connectivity index (χ3n) is 3.46. The number of anilines is 2. The minimum atomic E-state index is -0.595. The Bertz CT molecular complexity index is 749. The lowest BCUT2D eigenvalue weighted by Gasteiger charge is -2.24. The van der Waals surface area contributed by atoms with Crippen LogP contribution in [0.1, 0.15) is 52.5 Å². The molecule has 9 heteroatoms. The molecule has 1 aromatic rings. The predicted molar refractivity (Wildman–Crippen MR) is 113 cm³/mol. The molecule has 0 fully saturated rings. The summed E-state index contributed by atoms with van der Waals surface area (Å²) in [5.74, 6) is 6.67. The number of unbranched alkanes of at least 4 members (excludes halogenated alkanes) is 1. The molecule has 0 aliphatic carbocycles. The highest BCUT2D eigenvalue weighted by atomic mass is 16.6. The van der Waals surface area contributed by atoms with E-state index in [1.54, 1.807) is 27.0 Å². The molecule has 1 rings (SSSR count). The Hall–Kier alpha value is -3.02. The summed E-state index contributed by atoms with van der Waals surface area (Å²) in [5.41, 5.74) is 5.72. The van der Waals surface area contributed by atoms with Crippen LogP contribution < -0.4 is 16.4 Å². The number of hydrogen-bond acceptors (Lipinski definition) is 7. The predicted octanol–water partition coefficient (Wildman–Crippen LogP) is 2.00. The maximum absolute atomic E-state index is 11.9. The summed E-state index contributed by atoms with van der Waals surface area (Å²) in [6.07, 6.45) is 3.31. The minimum absolute atomic E-state index is 0.0597. The van der Waals surface area contributed by atoms with Crippen molar-refractivity contribution in [2.45, 2.75) is 52.6 Å². The number of carbonyl (C=O) groups excluding carboxylic acids is 2. The molecular weight excluding hydrogens is 372 g/mol. The lowest BCUT2D eigenvalue weighted by molar-refractivity contribution is -0.122. The van der Waals surface area contributed by atoms with E-state index in [9.17, 15) is 9.59 Å². The van der Waals surface area contributed by atoms with Crippen molar-refractivity contribution in [1.29, 1.82) is 0 Å². The first-order chi connectivity index (χ1) is 13.6. The van der Waals surface area contributed by atoms with E-state index in [4.69, 9.17) is 10.5 Å². The van der Waals surface area contributed by atoms with Gasteiger partial charge in [-0.3, -0.25) is 4.79 Å². The quantitative estimate of drug-likeness (QED) is 0.447. The number of ether oxygens (including phenoxy) is 1. The monoisotopic (exact) mass is 404 g/mol. The number of nitrogen functional groups attached to an aromatic ring is 1. The number of rotatable bonds is 8. The first-order valence-electron chi connectivity index (χ1n) is 9.68. The summed E-state index contributed by atoms with van der Waals surface area (Å²) >= 11 is 0. The number of carbonyl (C=O) groups is 2. The highest BCUT2D eigenvalue weighted by Gasteiger charge is 2.20. The van der Waals surface area contributed by atoms with Gasteiger partial charge < -0.3 is 26.0 Å². The third kappa shape index (κ3) is 10.2. The number of nitrogens with two attached hydrogens (primary N) is 1. The van der Waals surface area contributed by atoms with Crippen molar-refractivity contribution >= 4 is 23.8 Å². The Morgan fingerprint density at radius 3 is 2.69 bits per heavy atom. The Morgan fingerprint density at radius 1 is 1.31 bits per heavy atom. The average Bonchev–Trinajstić information content (AvgIpc) is 2.62. The van der Waals surface area contributed by atoms with Gasteiger partial charge in [0.25, 0.3) is 0 Å². The molecule has 0 unspecified atom stereocenters. The Labute approximate surface area is 172 Å². The molecule has 2 amide bonds. The minimum Gasteiger partial charge on any atom is -0.444 e. The molecule has 0 radical (unpaired) electrons. The Balaban J connectivity index is 2.38. The van der Waals surface area contributed by atoms with Gasteiger partial charge in [0.2, 0.25) is 11.9 Å². The van der Waals surface area contributed by atoms with Crippen molar-refractivity contribution in [3.63, 3.8) is 0 Å². The molecule has 0 bridgehead atoms. The van der Waals surface area contributed by atoms with E-state index >= 15 is 0 Å². The zero-order chi connectivity index (χ0) is 21.9. The van der Waals surface area contributed by atoms with Crippen LogP contribution in [0.25, 0.3) is 0 Å². The number of aromatic nitrogens is 2. The van der Waals surface area contributed by atoms with Crippen molar-refractivity contribution in [3.8, 4) is 11.8 Å². The molecule has 1 heterocycles. The van der Waals surface area contributed by atoms with Crippen molar-refractivity contribution in [1.82, 2.24) is 20.2 Å². The van der Waals surface area contributed by atoms with E-state index in [1.165, 1.54) is 11.9 Å². The van der Waals surface area contributed by atoms with Gasteiger partial charge in [0.15, 0.2) is 0 Å². The van der Waals surface area contributed by atoms with Gasteiger partial charge in [0, 0.05) is 26.6 Å². The van der Waals surface area contributed by atoms with E-state index < -0.39 is 11.7 Å². The molecular formula is C20H32N6O3. The van der Waals surface area contributed by atoms with Crippen LogP contribution in [0, 0.1) is 11.8 Å². The van der Waals surface area contributed by atoms with Crippen molar-refractivity contribution in [3.05, 3.63) is 11.8 Å². The third-order valence-corrected chi connectivity index (χ3v) is 3.46. The molecule has 1 aromatic heterocycles. The van der Waals surface area contributed by atoms with E-state index in [2.05, 4.69) is 39.4 Å². The Morgan fingerprint density at radius 2 is 2.03 bits per heavy atom. The van der Waals surface area contributed by atoms with E-state index in [0.29, 0.717) is 30.8 Å². The molecule has 0 saturated carbocycles. The summed E-state index contributed by atoms with van der Waals surface area (Å²) < 4.78 is 5.21. The van der Waals surface area contributed by atoms with Gasteiger partial charge in [-0.1, -0.05) is 18.8 Å². The van der Waals surface area contributed by atoms with Crippen LogP contribution in [-0.2, 0) is 9.53 Å². The second-order valence-corrected chi connectivity index (χ2v) is 7.51. The van der Waals surface area contributed by atoms with E-state index in [-0.39, 0.29) is 18.4 Å². The average molecular weight is 405 g/mol. The van der Waals surface area contributed by atoms with Gasteiger partial charge in [0.1, 0.15) is 18.0 Å². The van der Waals surface area contributed by atoms with Crippen LogP contribution in [0.15, 0.2) is 6.20 Å². The van der Waals surface area contributed by atoms with Crippen molar-refractivity contribution in [2.75, 3.05) is 37.7 Å². The largest absolute Gasteiger partial charge is 0.444 e. The lowest BCUT2D eigenvalue weighted by Crippen LogP contribution is -2.41. The highest BCUT2D eigenvalue weighted by molar-refractivity contribution is 5.82. The zero-order valence-electron chi connectivity index (χ0n) is 18.0. The zero-order valence-corrected chi connectivity index (χ0v) is 18.0. The molecule has 0 atom stereocenters. The maximum atomic E-state index is 11.9. The van der Waals surface area contributed by atoms with Gasteiger partial charge >= 0.3 is 6.09 Å². The van der Waals surface area contributed by atoms with E-state index in [0.717, 1.165) is 13.0 Å². The summed E-state index contributed by atoms with van der Waals surface area (Å²) in [6, 6.07) is 0. The molecule has 9 nitrogen and oxygen atoms in total. The van der Waals surface area contributed by atoms with Crippen LogP contribution in [0.3, 0.4) is 0 Å². The fraction of sp³-hybridized carbons (Fsp3) is 0.600. The highest BCUT2D eigenvalue weighted by Crippen LogP contribution is 2.11. The number of amides is 2. The molecule has 4 N–H and O–H groups in total. The van der Waals surface area contributed by atoms with Crippen molar-refractivity contribution < 1.29 is 14.3 Å². The second-order valence-electron chi connectivity index (χ2n) is 7.51. The van der Waals surface area contributed by atoms with Gasteiger partial charge in [-0.25, -0.2) is 9.78 Å². The molecule has 29 heavy (non-hydrogen) atoms. The van der Waals surface area contributed by atoms with Crippen LogP contribution in [0.2, 0.25) is 0 Å². The summed E-state index contributed by atoms with van der Waals surface area (Å²) in [4.78, 5) is 33.1. The van der Waals surface area contributed by atoms with Crippen molar-refractivity contribution in [2.24, 2.45) is 0 Å². The van der Waals surface area contributed by atoms with Gasteiger partial charge in [-0.15, -0.1) is 0 Å². The number of nitrogens with one attached hydrogen (secondary N) is 2. The molecule has 0 saturated heterocycles. The molecule has 160 valence electrons. The first kappa shape index (κ1) is 24.0. The Kier molecular flexibility index (Phi) is 9.72. The van der Waals surface area contributed by atoms with Crippen LogP contribution in [0.4, 0.5) is 16.6 Å². The lowest BCUT2D eigenvalue weighted by atomic mass is 10.2.